The lowest BCUT2D eigenvalue weighted by molar-refractivity contribution is 0.0977. The molecule has 2 aromatic carbocycles. The minimum atomic E-state index is -0.271. The van der Waals surface area contributed by atoms with Crippen LogP contribution < -0.4 is 10.2 Å². The maximum Gasteiger partial charge on any atom is 0.257 e. The van der Waals surface area contributed by atoms with Gasteiger partial charge in [-0.05, 0) is 49.3 Å². The molecule has 3 rings (SSSR count). The van der Waals surface area contributed by atoms with Gasteiger partial charge in [-0.1, -0.05) is 48.5 Å². The first kappa shape index (κ1) is 19.7. The van der Waals surface area contributed by atoms with Crippen molar-refractivity contribution >= 4 is 39.6 Å². The number of anilines is 1. The fourth-order valence-corrected chi connectivity index (χ4v) is 4.18. The SMILES string of the molecule is Cc1sc(N(Cc2ccccc2)C(=S)NC(=O)c2ccccc2)c(C#N)c1C. The molecule has 0 bridgehead atoms. The maximum absolute atomic E-state index is 12.6. The number of aryl methyl sites for hydroxylation is 1. The molecule has 0 saturated carbocycles. The summed E-state index contributed by atoms with van der Waals surface area (Å²) in [6.45, 7) is 4.37. The lowest BCUT2D eigenvalue weighted by Crippen LogP contribution is -2.42. The van der Waals surface area contributed by atoms with E-state index in [2.05, 4.69) is 11.4 Å². The highest BCUT2D eigenvalue weighted by atomic mass is 32.1. The van der Waals surface area contributed by atoms with Crippen molar-refractivity contribution in [3.8, 4) is 6.07 Å². The van der Waals surface area contributed by atoms with Crippen LogP contribution in [0, 0.1) is 25.2 Å². The Morgan fingerprint density at radius 3 is 2.32 bits per heavy atom. The molecule has 0 fully saturated rings. The molecule has 6 heteroatoms. The fourth-order valence-electron chi connectivity index (χ4n) is 2.76. The van der Waals surface area contributed by atoms with Crippen molar-refractivity contribution in [1.82, 2.24) is 5.32 Å². The number of carbonyl (C=O) groups is 1. The predicted molar refractivity (Wildman–Crippen MR) is 118 cm³/mol. The zero-order valence-corrected chi connectivity index (χ0v) is 17.2. The number of nitrogens with one attached hydrogen (secondary N) is 1. The lowest BCUT2D eigenvalue weighted by Gasteiger charge is -2.24. The smallest absolute Gasteiger partial charge is 0.257 e. The molecule has 0 unspecified atom stereocenters. The third-order valence-corrected chi connectivity index (χ3v) is 5.96. The van der Waals surface area contributed by atoms with E-state index in [9.17, 15) is 10.1 Å². The number of nitriles is 1. The molecule has 3 aromatic rings. The van der Waals surface area contributed by atoms with E-state index in [1.165, 1.54) is 11.3 Å². The molecule has 0 spiro atoms. The minimum absolute atomic E-state index is 0.271. The van der Waals surface area contributed by atoms with Crippen LogP contribution in [0.1, 0.15) is 31.9 Å². The van der Waals surface area contributed by atoms with Crippen LogP contribution in [0.15, 0.2) is 60.7 Å². The Balaban J connectivity index is 1.94. The Morgan fingerprint density at radius 2 is 1.71 bits per heavy atom. The topological polar surface area (TPSA) is 56.1 Å². The summed E-state index contributed by atoms with van der Waals surface area (Å²) in [4.78, 5) is 15.5. The summed E-state index contributed by atoms with van der Waals surface area (Å²) < 4.78 is 0. The van der Waals surface area contributed by atoms with Gasteiger partial charge in [0.25, 0.3) is 5.91 Å². The summed E-state index contributed by atoms with van der Waals surface area (Å²) in [6.07, 6.45) is 0. The van der Waals surface area contributed by atoms with Crippen molar-refractivity contribution < 1.29 is 4.79 Å². The van der Waals surface area contributed by atoms with Crippen LogP contribution in [-0.2, 0) is 6.54 Å². The van der Waals surface area contributed by atoms with E-state index in [1.807, 2.05) is 55.1 Å². The fraction of sp³-hybridized carbons (Fsp3) is 0.136. The molecule has 0 aliphatic rings. The Kier molecular flexibility index (Phi) is 6.19. The van der Waals surface area contributed by atoms with Crippen LogP contribution in [0.2, 0.25) is 0 Å². The quantitative estimate of drug-likeness (QED) is 0.624. The average molecular weight is 406 g/mol. The molecule has 0 aliphatic heterocycles. The number of rotatable bonds is 4. The summed E-state index contributed by atoms with van der Waals surface area (Å²) >= 11 is 7.09. The number of hydrogen-bond donors (Lipinski definition) is 1. The van der Waals surface area contributed by atoms with E-state index in [0.717, 1.165) is 21.0 Å². The zero-order chi connectivity index (χ0) is 20.1. The number of amides is 1. The predicted octanol–water partition coefficient (Wildman–Crippen LogP) is 4.96. The molecule has 1 aromatic heterocycles. The van der Waals surface area contributed by atoms with Crippen molar-refractivity contribution in [3.63, 3.8) is 0 Å². The third kappa shape index (κ3) is 4.28. The first-order chi connectivity index (χ1) is 13.5. The molecule has 140 valence electrons. The number of hydrogen-bond acceptors (Lipinski definition) is 4. The van der Waals surface area contributed by atoms with Gasteiger partial charge in [-0.3, -0.25) is 10.1 Å². The lowest BCUT2D eigenvalue weighted by atomic mass is 10.1. The van der Waals surface area contributed by atoms with Crippen molar-refractivity contribution in [2.75, 3.05) is 4.90 Å². The van der Waals surface area contributed by atoms with Gasteiger partial charge in [-0.15, -0.1) is 11.3 Å². The second-order valence-electron chi connectivity index (χ2n) is 6.27. The van der Waals surface area contributed by atoms with Crippen LogP contribution >= 0.6 is 23.6 Å². The largest absolute Gasteiger partial charge is 0.305 e. The highest BCUT2D eigenvalue weighted by Gasteiger charge is 2.23. The van der Waals surface area contributed by atoms with Crippen molar-refractivity contribution in [2.24, 2.45) is 0 Å². The van der Waals surface area contributed by atoms with Gasteiger partial charge in [0, 0.05) is 10.4 Å². The Morgan fingerprint density at radius 1 is 1.11 bits per heavy atom. The molecule has 0 atom stereocenters. The van der Waals surface area contributed by atoms with E-state index in [4.69, 9.17) is 12.2 Å². The molecule has 0 radical (unpaired) electrons. The Labute approximate surface area is 174 Å². The molecule has 1 amide bonds. The molecule has 1 heterocycles. The molecular formula is C22H19N3OS2. The van der Waals surface area contributed by atoms with E-state index < -0.39 is 0 Å². The van der Waals surface area contributed by atoms with E-state index in [1.54, 1.807) is 24.3 Å². The van der Waals surface area contributed by atoms with Crippen molar-refractivity contribution in [3.05, 3.63) is 87.8 Å². The van der Waals surface area contributed by atoms with Gasteiger partial charge in [0.1, 0.15) is 11.1 Å². The van der Waals surface area contributed by atoms with Gasteiger partial charge < -0.3 is 4.90 Å². The number of thiophene rings is 1. The Hall–Kier alpha value is -3.01. The van der Waals surface area contributed by atoms with E-state index in [-0.39, 0.29) is 11.0 Å². The number of carbonyl (C=O) groups excluding carboxylic acids is 1. The second kappa shape index (κ2) is 8.79. The molecular weight excluding hydrogens is 386 g/mol. The van der Waals surface area contributed by atoms with Crippen LogP contribution in [-0.4, -0.2) is 11.0 Å². The minimum Gasteiger partial charge on any atom is -0.305 e. The van der Waals surface area contributed by atoms with Gasteiger partial charge in [0.15, 0.2) is 5.11 Å². The van der Waals surface area contributed by atoms with Crippen LogP contribution in [0.4, 0.5) is 5.00 Å². The molecule has 28 heavy (non-hydrogen) atoms. The van der Waals surface area contributed by atoms with Crippen LogP contribution in [0.3, 0.4) is 0 Å². The zero-order valence-electron chi connectivity index (χ0n) is 15.6. The standard InChI is InChI=1S/C22H19N3OS2/c1-15-16(2)28-21(19(15)13-23)25(14-17-9-5-3-6-10-17)22(27)24-20(26)18-11-7-4-8-12-18/h3-12H,14H2,1-2H3,(H,24,26,27). The van der Waals surface area contributed by atoms with Crippen molar-refractivity contribution in [2.45, 2.75) is 20.4 Å². The van der Waals surface area contributed by atoms with Gasteiger partial charge in [0.2, 0.25) is 0 Å². The highest BCUT2D eigenvalue weighted by Crippen LogP contribution is 2.35. The average Bonchev–Trinajstić information content (AvgIpc) is 3.01. The molecule has 0 aliphatic carbocycles. The van der Waals surface area contributed by atoms with E-state index >= 15 is 0 Å². The molecule has 0 saturated heterocycles. The second-order valence-corrected chi connectivity index (χ2v) is 7.86. The van der Waals surface area contributed by atoms with Crippen molar-refractivity contribution in [1.29, 1.82) is 5.26 Å². The molecule has 4 nitrogen and oxygen atoms in total. The van der Waals surface area contributed by atoms with E-state index in [0.29, 0.717) is 17.7 Å². The number of nitrogens with zero attached hydrogens (tertiary/aromatic N) is 2. The van der Waals surface area contributed by atoms with Gasteiger partial charge in [-0.2, -0.15) is 5.26 Å². The normalized spacial score (nSPS) is 10.2. The molecule has 1 N–H and O–H groups in total. The monoisotopic (exact) mass is 405 g/mol. The number of benzene rings is 2. The van der Waals surface area contributed by atoms with Gasteiger partial charge in [-0.25, -0.2) is 0 Å². The number of thiocarbonyl (C=S) groups is 1. The summed E-state index contributed by atoms with van der Waals surface area (Å²) in [7, 11) is 0. The third-order valence-electron chi connectivity index (χ3n) is 4.41. The first-order valence-electron chi connectivity index (χ1n) is 8.73. The Bertz CT molecular complexity index is 1040. The first-order valence-corrected chi connectivity index (χ1v) is 9.95. The summed E-state index contributed by atoms with van der Waals surface area (Å²) in [5.74, 6) is -0.271. The van der Waals surface area contributed by atoms with Crippen LogP contribution in [0.25, 0.3) is 0 Å². The highest BCUT2D eigenvalue weighted by molar-refractivity contribution is 7.80. The van der Waals surface area contributed by atoms with Gasteiger partial charge >= 0.3 is 0 Å². The van der Waals surface area contributed by atoms with Crippen LogP contribution in [0.5, 0.6) is 0 Å². The summed E-state index contributed by atoms with van der Waals surface area (Å²) in [6, 6.07) is 21.1. The maximum atomic E-state index is 12.6. The summed E-state index contributed by atoms with van der Waals surface area (Å²) in [5.41, 5.74) is 3.10. The summed E-state index contributed by atoms with van der Waals surface area (Å²) in [5, 5.41) is 13.5. The van der Waals surface area contributed by atoms with Gasteiger partial charge in [0.05, 0.1) is 12.1 Å².